The number of carbonyl (C=O) groups is 1. The zero-order valence-electron chi connectivity index (χ0n) is 16.4. The van der Waals surface area contributed by atoms with Crippen LogP contribution in [0.4, 0.5) is 24.5 Å². The third-order valence-corrected chi connectivity index (χ3v) is 5.31. The molecule has 152 valence electrons. The molecule has 3 rings (SSSR count). The van der Waals surface area contributed by atoms with Crippen molar-refractivity contribution in [3.8, 4) is 0 Å². The third-order valence-electron chi connectivity index (χ3n) is 5.31. The van der Waals surface area contributed by atoms with Gasteiger partial charge in [-0.3, -0.25) is 9.48 Å². The van der Waals surface area contributed by atoms with E-state index in [4.69, 9.17) is 0 Å². The Morgan fingerprint density at radius 3 is 2.46 bits per heavy atom. The summed E-state index contributed by atoms with van der Waals surface area (Å²) in [6.07, 6.45) is -1.78. The predicted octanol–water partition coefficient (Wildman–Crippen LogP) is 4.23. The molecule has 2 heterocycles. The number of benzene rings is 1. The zero-order valence-corrected chi connectivity index (χ0v) is 16.4. The van der Waals surface area contributed by atoms with Crippen LogP contribution in [0.1, 0.15) is 41.8 Å². The third kappa shape index (κ3) is 4.31. The van der Waals surface area contributed by atoms with E-state index in [-0.39, 0.29) is 18.0 Å². The predicted molar refractivity (Wildman–Crippen MR) is 103 cm³/mol. The van der Waals surface area contributed by atoms with Crippen molar-refractivity contribution in [3.05, 3.63) is 40.7 Å². The van der Waals surface area contributed by atoms with E-state index in [1.165, 1.54) is 6.07 Å². The Bertz CT molecular complexity index is 867. The first kappa shape index (κ1) is 20.2. The van der Waals surface area contributed by atoms with Gasteiger partial charge in [0.2, 0.25) is 5.91 Å². The second kappa shape index (κ2) is 7.85. The Kier molecular flexibility index (Phi) is 5.67. The SMILES string of the molecule is Cc1nn(C)c(C)c1CCC(=O)Nc1cc(C(F)(F)F)ccc1N1CCCC1. The first-order chi connectivity index (χ1) is 13.2. The van der Waals surface area contributed by atoms with Gasteiger partial charge in [-0.1, -0.05) is 0 Å². The molecule has 8 heteroatoms. The number of aryl methyl sites for hydroxylation is 2. The molecule has 1 N–H and O–H groups in total. The summed E-state index contributed by atoms with van der Waals surface area (Å²) >= 11 is 0. The lowest BCUT2D eigenvalue weighted by atomic mass is 10.1. The minimum absolute atomic E-state index is 0.184. The summed E-state index contributed by atoms with van der Waals surface area (Å²) in [7, 11) is 1.84. The van der Waals surface area contributed by atoms with Crippen LogP contribution in [0.2, 0.25) is 0 Å². The maximum Gasteiger partial charge on any atom is 0.416 e. The second-order valence-electron chi connectivity index (χ2n) is 7.24. The molecule has 1 saturated heterocycles. The highest BCUT2D eigenvalue weighted by Crippen LogP contribution is 2.36. The number of hydrogen-bond donors (Lipinski definition) is 1. The molecular formula is C20H25F3N4O. The number of nitrogens with zero attached hydrogens (tertiary/aromatic N) is 3. The Hall–Kier alpha value is -2.51. The Labute approximate surface area is 162 Å². The van der Waals surface area contributed by atoms with Crippen LogP contribution in [0, 0.1) is 13.8 Å². The summed E-state index contributed by atoms with van der Waals surface area (Å²) in [5.74, 6) is -0.303. The van der Waals surface area contributed by atoms with Gasteiger partial charge < -0.3 is 10.2 Å². The van der Waals surface area contributed by atoms with E-state index in [0.29, 0.717) is 12.1 Å². The summed E-state index contributed by atoms with van der Waals surface area (Å²) < 4.78 is 41.2. The molecule has 0 aliphatic carbocycles. The molecule has 0 atom stereocenters. The summed E-state index contributed by atoms with van der Waals surface area (Å²) in [5.41, 5.74) is 2.96. The van der Waals surface area contributed by atoms with Crippen molar-refractivity contribution in [3.63, 3.8) is 0 Å². The van der Waals surface area contributed by atoms with Crippen LogP contribution in [0.3, 0.4) is 0 Å². The van der Waals surface area contributed by atoms with Crippen LogP contribution in [0.25, 0.3) is 0 Å². The van der Waals surface area contributed by atoms with Crippen molar-refractivity contribution < 1.29 is 18.0 Å². The van der Waals surface area contributed by atoms with Gasteiger partial charge >= 0.3 is 6.18 Å². The standard InChI is InChI=1S/C20H25F3N4O/c1-13-16(14(2)26(3)25-13)7-9-19(28)24-17-12-15(20(21,22)23)6-8-18(17)27-10-4-5-11-27/h6,8,12H,4-5,7,9-11H2,1-3H3,(H,24,28). The van der Waals surface area contributed by atoms with Crippen LogP contribution >= 0.6 is 0 Å². The highest BCUT2D eigenvalue weighted by molar-refractivity contribution is 5.94. The fourth-order valence-electron chi connectivity index (χ4n) is 3.68. The van der Waals surface area contributed by atoms with E-state index in [1.807, 2.05) is 25.8 Å². The van der Waals surface area contributed by atoms with Crippen molar-refractivity contribution in [2.45, 2.75) is 45.7 Å². The Morgan fingerprint density at radius 2 is 1.89 bits per heavy atom. The number of nitrogens with one attached hydrogen (secondary N) is 1. The molecule has 1 aliphatic heterocycles. The Morgan fingerprint density at radius 1 is 1.21 bits per heavy atom. The molecule has 0 spiro atoms. The number of hydrogen-bond acceptors (Lipinski definition) is 3. The van der Waals surface area contributed by atoms with E-state index in [1.54, 1.807) is 4.68 Å². The highest BCUT2D eigenvalue weighted by Gasteiger charge is 2.32. The molecule has 1 aliphatic rings. The number of rotatable bonds is 5. The maximum absolute atomic E-state index is 13.1. The van der Waals surface area contributed by atoms with Crippen molar-refractivity contribution in [2.75, 3.05) is 23.3 Å². The quantitative estimate of drug-likeness (QED) is 0.826. The molecule has 1 fully saturated rings. The molecule has 1 amide bonds. The number of aromatic nitrogens is 2. The summed E-state index contributed by atoms with van der Waals surface area (Å²) in [4.78, 5) is 14.5. The van der Waals surface area contributed by atoms with Gasteiger partial charge in [0.05, 0.1) is 22.6 Å². The van der Waals surface area contributed by atoms with Crippen molar-refractivity contribution in [2.24, 2.45) is 7.05 Å². The molecule has 1 aromatic carbocycles. The van der Waals surface area contributed by atoms with Crippen LogP contribution in [0.5, 0.6) is 0 Å². The van der Waals surface area contributed by atoms with E-state index in [2.05, 4.69) is 10.4 Å². The number of carbonyl (C=O) groups excluding carboxylic acids is 1. The molecule has 2 aromatic rings. The molecular weight excluding hydrogens is 369 g/mol. The number of anilines is 2. The zero-order chi connectivity index (χ0) is 20.5. The normalized spacial score (nSPS) is 14.6. The smallest absolute Gasteiger partial charge is 0.370 e. The van der Waals surface area contributed by atoms with Gasteiger partial charge in [0.1, 0.15) is 0 Å². The van der Waals surface area contributed by atoms with E-state index in [0.717, 1.165) is 55.0 Å². The lowest BCUT2D eigenvalue weighted by molar-refractivity contribution is -0.137. The van der Waals surface area contributed by atoms with E-state index >= 15 is 0 Å². The fraction of sp³-hybridized carbons (Fsp3) is 0.500. The van der Waals surface area contributed by atoms with Gasteiger partial charge in [-0.05, 0) is 56.9 Å². The van der Waals surface area contributed by atoms with Gasteiger partial charge in [-0.15, -0.1) is 0 Å². The fourth-order valence-corrected chi connectivity index (χ4v) is 3.68. The highest BCUT2D eigenvalue weighted by atomic mass is 19.4. The van der Waals surface area contributed by atoms with Gasteiger partial charge in [0, 0.05) is 32.3 Å². The van der Waals surface area contributed by atoms with Gasteiger partial charge in [0.15, 0.2) is 0 Å². The maximum atomic E-state index is 13.1. The largest absolute Gasteiger partial charge is 0.416 e. The molecule has 5 nitrogen and oxygen atoms in total. The van der Waals surface area contributed by atoms with Crippen LogP contribution < -0.4 is 10.2 Å². The lowest BCUT2D eigenvalue weighted by Gasteiger charge is -2.23. The topological polar surface area (TPSA) is 50.2 Å². The molecule has 0 saturated carbocycles. The molecule has 1 aromatic heterocycles. The van der Waals surface area contributed by atoms with E-state index in [9.17, 15) is 18.0 Å². The summed E-state index contributed by atoms with van der Waals surface area (Å²) in [5, 5.41) is 7.04. The minimum atomic E-state index is -4.45. The molecule has 28 heavy (non-hydrogen) atoms. The van der Waals surface area contributed by atoms with Gasteiger partial charge in [0.25, 0.3) is 0 Å². The first-order valence-corrected chi connectivity index (χ1v) is 9.42. The molecule has 0 unspecified atom stereocenters. The van der Waals surface area contributed by atoms with Crippen molar-refractivity contribution in [1.29, 1.82) is 0 Å². The first-order valence-electron chi connectivity index (χ1n) is 9.42. The van der Waals surface area contributed by atoms with Crippen LogP contribution in [-0.2, 0) is 24.4 Å². The summed E-state index contributed by atoms with van der Waals surface area (Å²) in [6.45, 7) is 5.38. The van der Waals surface area contributed by atoms with Crippen molar-refractivity contribution in [1.82, 2.24) is 9.78 Å². The molecule has 0 bridgehead atoms. The number of halogens is 3. The lowest BCUT2D eigenvalue weighted by Crippen LogP contribution is -2.22. The Balaban J connectivity index is 1.78. The van der Waals surface area contributed by atoms with E-state index < -0.39 is 11.7 Å². The van der Waals surface area contributed by atoms with Crippen LogP contribution in [-0.4, -0.2) is 28.8 Å². The van der Waals surface area contributed by atoms with Gasteiger partial charge in [-0.25, -0.2) is 0 Å². The number of alkyl halides is 3. The average Bonchev–Trinajstić information content (AvgIpc) is 3.22. The van der Waals surface area contributed by atoms with Gasteiger partial charge in [-0.2, -0.15) is 18.3 Å². The second-order valence-corrected chi connectivity index (χ2v) is 7.24. The minimum Gasteiger partial charge on any atom is -0.370 e. The average molecular weight is 394 g/mol. The molecule has 0 radical (unpaired) electrons. The van der Waals surface area contributed by atoms with Crippen molar-refractivity contribution >= 4 is 17.3 Å². The monoisotopic (exact) mass is 394 g/mol. The number of amides is 1. The summed E-state index contributed by atoms with van der Waals surface area (Å²) in [6, 6.07) is 3.57. The van der Waals surface area contributed by atoms with Crippen LogP contribution in [0.15, 0.2) is 18.2 Å².